The molecule has 1 aliphatic rings. The van der Waals surface area contributed by atoms with E-state index in [1.54, 1.807) is 14.1 Å². The van der Waals surface area contributed by atoms with Crippen LogP contribution in [0, 0.1) is 0 Å². The summed E-state index contributed by atoms with van der Waals surface area (Å²) in [4.78, 5) is 13.4. The third kappa shape index (κ3) is 5.31. The fourth-order valence-electron chi connectivity index (χ4n) is 2.14. The molecule has 1 amide bonds. The maximum absolute atomic E-state index is 12.2. The molecule has 0 bridgehead atoms. The summed E-state index contributed by atoms with van der Waals surface area (Å²) in [5, 5.41) is 3.18. The second-order valence-electron chi connectivity index (χ2n) is 5.37. The Hall–Kier alpha value is -1.41. The molecular formula is C15H22ClN3O3S. The standard InChI is InChI=1S/C15H21N3O3S.ClH/c1-18(2)15(19)13-3-5-14(6-4-13)22(20,21)17-11-12-7-9-16-10-8-12;/h3-7,16-17H,8-11H2,1-2H3;1H. The first-order valence-electron chi connectivity index (χ1n) is 7.10. The summed E-state index contributed by atoms with van der Waals surface area (Å²) in [6, 6.07) is 5.97. The van der Waals surface area contributed by atoms with Crippen LogP contribution in [0.3, 0.4) is 0 Å². The molecule has 1 heterocycles. The van der Waals surface area contributed by atoms with Crippen LogP contribution in [-0.4, -0.2) is 53.0 Å². The zero-order chi connectivity index (χ0) is 16.2. The van der Waals surface area contributed by atoms with E-state index in [9.17, 15) is 13.2 Å². The molecule has 2 rings (SSSR count). The summed E-state index contributed by atoms with van der Waals surface area (Å²) < 4.78 is 27.1. The third-order valence-corrected chi connectivity index (χ3v) is 4.88. The molecule has 0 radical (unpaired) electrons. The Bertz CT molecular complexity index is 670. The number of nitrogens with zero attached hydrogens (tertiary/aromatic N) is 1. The second kappa shape index (κ2) is 8.44. The smallest absolute Gasteiger partial charge is 0.253 e. The number of hydrogen-bond acceptors (Lipinski definition) is 4. The van der Waals surface area contributed by atoms with Gasteiger partial charge in [-0.05, 0) is 37.2 Å². The summed E-state index contributed by atoms with van der Waals surface area (Å²) in [5.74, 6) is -0.156. The van der Waals surface area contributed by atoms with Gasteiger partial charge in [-0.3, -0.25) is 4.79 Å². The highest BCUT2D eigenvalue weighted by Crippen LogP contribution is 2.12. The number of amides is 1. The normalized spacial score (nSPS) is 14.6. The molecule has 0 atom stereocenters. The Balaban J connectivity index is 0.00000264. The molecular weight excluding hydrogens is 338 g/mol. The fourth-order valence-corrected chi connectivity index (χ4v) is 3.17. The average molecular weight is 360 g/mol. The molecule has 0 fully saturated rings. The van der Waals surface area contributed by atoms with Gasteiger partial charge in [-0.15, -0.1) is 12.4 Å². The van der Waals surface area contributed by atoms with Crippen molar-refractivity contribution in [1.29, 1.82) is 0 Å². The first-order valence-corrected chi connectivity index (χ1v) is 8.58. The molecule has 23 heavy (non-hydrogen) atoms. The lowest BCUT2D eigenvalue weighted by Crippen LogP contribution is -2.29. The van der Waals surface area contributed by atoms with Crippen molar-refractivity contribution in [2.24, 2.45) is 0 Å². The van der Waals surface area contributed by atoms with Crippen LogP contribution in [0.2, 0.25) is 0 Å². The molecule has 0 aromatic heterocycles. The van der Waals surface area contributed by atoms with Gasteiger partial charge >= 0.3 is 0 Å². The van der Waals surface area contributed by atoms with Crippen LogP contribution >= 0.6 is 12.4 Å². The van der Waals surface area contributed by atoms with E-state index >= 15 is 0 Å². The van der Waals surface area contributed by atoms with Crippen LogP contribution in [0.5, 0.6) is 0 Å². The Kier molecular flexibility index (Phi) is 7.21. The predicted octanol–water partition coefficient (Wildman–Crippen LogP) is 1.01. The van der Waals surface area contributed by atoms with Gasteiger partial charge in [0.15, 0.2) is 0 Å². The number of benzene rings is 1. The van der Waals surface area contributed by atoms with Crippen LogP contribution < -0.4 is 10.0 Å². The first-order chi connectivity index (χ1) is 10.4. The zero-order valence-electron chi connectivity index (χ0n) is 13.2. The lowest BCUT2D eigenvalue weighted by Gasteiger charge is -2.15. The minimum absolute atomic E-state index is 0. The van der Waals surface area contributed by atoms with Crippen LogP contribution in [0.25, 0.3) is 0 Å². The SMILES string of the molecule is CN(C)C(=O)c1ccc(S(=O)(=O)NCC2=CCNCC2)cc1.Cl. The number of nitrogens with one attached hydrogen (secondary N) is 2. The molecule has 1 aromatic rings. The molecule has 6 nitrogen and oxygen atoms in total. The second-order valence-corrected chi connectivity index (χ2v) is 7.13. The number of carbonyl (C=O) groups is 1. The maximum Gasteiger partial charge on any atom is 0.253 e. The van der Waals surface area contributed by atoms with E-state index in [2.05, 4.69) is 10.0 Å². The minimum atomic E-state index is -3.56. The van der Waals surface area contributed by atoms with Gasteiger partial charge in [0.25, 0.3) is 5.91 Å². The van der Waals surface area contributed by atoms with Crippen molar-refractivity contribution in [3.05, 3.63) is 41.5 Å². The van der Waals surface area contributed by atoms with E-state index in [-0.39, 0.29) is 23.2 Å². The largest absolute Gasteiger partial charge is 0.345 e. The van der Waals surface area contributed by atoms with Gasteiger partial charge in [0.2, 0.25) is 10.0 Å². The topological polar surface area (TPSA) is 78.5 Å². The van der Waals surface area contributed by atoms with Crippen molar-refractivity contribution in [2.45, 2.75) is 11.3 Å². The summed E-state index contributed by atoms with van der Waals surface area (Å²) in [7, 11) is -0.250. The van der Waals surface area contributed by atoms with E-state index in [4.69, 9.17) is 0 Å². The Morgan fingerprint density at radius 1 is 1.26 bits per heavy atom. The zero-order valence-corrected chi connectivity index (χ0v) is 14.8. The number of rotatable bonds is 5. The lowest BCUT2D eigenvalue weighted by molar-refractivity contribution is 0.0827. The van der Waals surface area contributed by atoms with Gasteiger partial charge in [0, 0.05) is 32.7 Å². The van der Waals surface area contributed by atoms with Gasteiger partial charge in [-0.2, -0.15) is 0 Å². The first kappa shape index (κ1) is 19.6. The summed E-state index contributed by atoms with van der Waals surface area (Å²) >= 11 is 0. The van der Waals surface area contributed by atoms with Crippen molar-refractivity contribution in [2.75, 3.05) is 33.7 Å². The van der Waals surface area contributed by atoms with E-state index < -0.39 is 10.0 Å². The van der Waals surface area contributed by atoms with E-state index in [0.717, 1.165) is 25.1 Å². The Morgan fingerprint density at radius 2 is 1.91 bits per heavy atom. The highest BCUT2D eigenvalue weighted by Gasteiger charge is 2.16. The van der Waals surface area contributed by atoms with Gasteiger partial charge in [-0.1, -0.05) is 11.6 Å². The predicted molar refractivity (Wildman–Crippen MR) is 92.5 cm³/mol. The van der Waals surface area contributed by atoms with Gasteiger partial charge in [0.05, 0.1) is 4.90 Å². The molecule has 0 spiro atoms. The third-order valence-electron chi connectivity index (χ3n) is 3.46. The number of carbonyl (C=O) groups excluding carboxylic acids is 1. The highest BCUT2D eigenvalue weighted by atomic mass is 35.5. The van der Waals surface area contributed by atoms with Gasteiger partial charge in [0.1, 0.15) is 0 Å². The quantitative estimate of drug-likeness (QED) is 0.769. The Labute approximate surface area is 143 Å². The summed E-state index contributed by atoms with van der Waals surface area (Å²) in [6.45, 7) is 1.97. The molecule has 8 heteroatoms. The molecule has 1 aliphatic heterocycles. The van der Waals surface area contributed by atoms with Crippen LogP contribution in [-0.2, 0) is 10.0 Å². The molecule has 0 saturated heterocycles. The molecule has 1 aromatic carbocycles. The minimum Gasteiger partial charge on any atom is -0.345 e. The van der Waals surface area contributed by atoms with Crippen molar-refractivity contribution < 1.29 is 13.2 Å². The van der Waals surface area contributed by atoms with Crippen molar-refractivity contribution in [1.82, 2.24) is 14.9 Å². The van der Waals surface area contributed by atoms with E-state index in [1.165, 1.54) is 29.2 Å². The molecule has 0 aliphatic carbocycles. The van der Waals surface area contributed by atoms with Crippen LogP contribution in [0.4, 0.5) is 0 Å². The number of hydrogen-bond donors (Lipinski definition) is 2. The number of sulfonamides is 1. The van der Waals surface area contributed by atoms with Gasteiger partial charge < -0.3 is 10.2 Å². The molecule has 0 unspecified atom stereocenters. The number of halogens is 1. The van der Waals surface area contributed by atoms with Crippen molar-refractivity contribution in [3.63, 3.8) is 0 Å². The average Bonchev–Trinajstić information content (AvgIpc) is 2.53. The summed E-state index contributed by atoms with van der Waals surface area (Å²) in [5.41, 5.74) is 1.55. The fraction of sp³-hybridized carbons (Fsp3) is 0.400. The van der Waals surface area contributed by atoms with Crippen LogP contribution in [0.15, 0.2) is 40.8 Å². The van der Waals surface area contributed by atoms with Crippen molar-refractivity contribution in [3.8, 4) is 0 Å². The maximum atomic E-state index is 12.2. The monoisotopic (exact) mass is 359 g/mol. The Morgan fingerprint density at radius 3 is 2.43 bits per heavy atom. The lowest BCUT2D eigenvalue weighted by atomic mass is 10.1. The molecule has 128 valence electrons. The molecule has 2 N–H and O–H groups in total. The molecule has 0 saturated carbocycles. The van der Waals surface area contributed by atoms with Crippen molar-refractivity contribution >= 4 is 28.3 Å². The van der Waals surface area contributed by atoms with E-state index in [1.807, 2.05) is 6.08 Å². The summed E-state index contributed by atoms with van der Waals surface area (Å²) in [6.07, 6.45) is 2.85. The van der Waals surface area contributed by atoms with E-state index in [0.29, 0.717) is 12.1 Å². The van der Waals surface area contributed by atoms with Crippen LogP contribution in [0.1, 0.15) is 16.8 Å². The van der Waals surface area contributed by atoms with Gasteiger partial charge in [-0.25, -0.2) is 13.1 Å². The highest BCUT2D eigenvalue weighted by molar-refractivity contribution is 7.89.